The minimum absolute atomic E-state index is 0.0469. The molecule has 0 amide bonds. The molecule has 0 aliphatic carbocycles. The fourth-order valence-corrected chi connectivity index (χ4v) is 1.82. The lowest BCUT2D eigenvalue weighted by molar-refractivity contribution is 0.153. The molecule has 1 aromatic carbocycles. The Balaban J connectivity index is 2.82. The van der Waals surface area contributed by atoms with Crippen LogP contribution in [0.1, 0.15) is 12.0 Å². The van der Waals surface area contributed by atoms with Crippen molar-refractivity contribution in [2.75, 3.05) is 0 Å². The van der Waals surface area contributed by atoms with Crippen molar-refractivity contribution >= 4 is 26.7 Å². The third-order valence-corrected chi connectivity index (χ3v) is 2.73. The molecule has 72 valence electrons. The molecule has 0 unspecified atom stereocenters. The summed E-state index contributed by atoms with van der Waals surface area (Å²) in [4.78, 5) is 3.90. The smallest absolute Gasteiger partial charge is 0.264 e. The van der Waals surface area contributed by atoms with E-state index in [2.05, 4.69) is 20.9 Å². The zero-order valence-corrected chi connectivity index (χ0v) is 8.63. The number of hydrogen-bond acceptors (Lipinski definition) is 1. The zero-order chi connectivity index (χ0) is 10.1. The molecule has 1 nitrogen and oxygen atoms in total. The van der Waals surface area contributed by atoms with E-state index in [1.807, 2.05) is 0 Å². The summed E-state index contributed by atoms with van der Waals surface area (Å²) < 4.78 is 26.0. The minimum Gasteiger partial charge on any atom is -0.264 e. The van der Waals surface area contributed by atoms with E-state index in [0.29, 0.717) is 10.8 Å². The number of fused-ring (bicyclic) bond motifs is 1. The van der Waals surface area contributed by atoms with Crippen molar-refractivity contribution in [2.45, 2.75) is 6.43 Å². The molecule has 2 aromatic rings. The Kier molecular flexibility index (Phi) is 2.46. The number of hydrogen-bond donors (Lipinski definition) is 0. The molecule has 0 atom stereocenters. The predicted octanol–water partition coefficient (Wildman–Crippen LogP) is 3.93. The Bertz CT molecular complexity index is 471. The second-order valence-electron chi connectivity index (χ2n) is 2.86. The van der Waals surface area contributed by atoms with Crippen LogP contribution in [0.3, 0.4) is 0 Å². The first-order valence-corrected chi connectivity index (χ1v) is 4.79. The number of aromatic nitrogens is 1. The number of pyridine rings is 1. The van der Waals surface area contributed by atoms with Crippen LogP contribution in [0.2, 0.25) is 0 Å². The summed E-state index contributed by atoms with van der Waals surface area (Å²) in [7, 11) is 0. The van der Waals surface area contributed by atoms with Gasteiger partial charge in [0.25, 0.3) is 6.43 Å². The average molecular weight is 258 g/mol. The molecule has 1 aromatic heterocycles. The Hall–Kier alpha value is -1.03. The standard InChI is InChI=1S/C10H6BrF2N/c11-9-2-1-7(10(12)13)6-3-4-14-5-8(6)9/h1-5,10H. The van der Waals surface area contributed by atoms with E-state index in [-0.39, 0.29) is 5.56 Å². The third-order valence-electron chi connectivity index (χ3n) is 2.03. The van der Waals surface area contributed by atoms with Crippen molar-refractivity contribution in [2.24, 2.45) is 0 Å². The summed E-state index contributed by atoms with van der Waals surface area (Å²) in [6.45, 7) is 0. The molecule has 2 rings (SSSR count). The van der Waals surface area contributed by atoms with Crippen molar-refractivity contribution in [3.8, 4) is 0 Å². The van der Waals surface area contributed by atoms with Crippen molar-refractivity contribution in [3.05, 3.63) is 40.6 Å². The van der Waals surface area contributed by atoms with Crippen LogP contribution in [-0.4, -0.2) is 4.98 Å². The molecule has 0 saturated heterocycles. The van der Waals surface area contributed by atoms with Gasteiger partial charge in [-0.2, -0.15) is 0 Å². The summed E-state index contributed by atoms with van der Waals surface area (Å²) in [5.74, 6) is 0. The molecule has 0 saturated carbocycles. The summed E-state index contributed by atoms with van der Waals surface area (Å²) in [6, 6.07) is 4.64. The first kappa shape index (κ1) is 9.52. The number of alkyl halides is 2. The summed E-state index contributed by atoms with van der Waals surface area (Å²) in [5.41, 5.74) is 0.0469. The molecule has 0 aliphatic heterocycles. The summed E-state index contributed by atoms with van der Waals surface area (Å²) >= 11 is 3.30. The molecule has 0 N–H and O–H groups in total. The first-order chi connectivity index (χ1) is 6.70. The quantitative estimate of drug-likeness (QED) is 0.755. The highest BCUT2D eigenvalue weighted by atomic mass is 79.9. The lowest BCUT2D eigenvalue weighted by Crippen LogP contribution is -1.88. The number of rotatable bonds is 1. The summed E-state index contributed by atoms with van der Waals surface area (Å²) in [6.07, 6.45) is 0.638. The normalized spacial score (nSPS) is 11.1. The number of nitrogens with zero attached hydrogens (tertiary/aromatic N) is 1. The van der Waals surface area contributed by atoms with Gasteiger partial charge >= 0.3 is 0 Å². The van der Waals surface area contributed by atoms with E-state index in [1.54, 1.807) is 18.3 Å². The molecule has 0 spiro atoms. The molecule has 1 heterocycles. The number of benzene rings is 1. The first-order valence-electron chi connectivity index (χ1n) is 4.00. The highest BCUT2D eigenvalue weighted by Crippen LogP contribution is 2.31. The van der Waals surface area contributed by atoms with Crippen LogP contribution in [0.4, 0.5) is 8.78 Å². The SMILES string of the molecule is FC(F)c1ccc(Br)c2cnccc12. The maximum Gasteiger partial charge on any atom is 0.264 e. The maximum atomic E-state index is 12.6. The maximum absolute atomic E-state index is 12.6. The molecule has 0 fully saturated rings. The van der Waals surface area contributed by atoms with Crippen LogP contribution in [0.15, 0.2) is 35.1 Å². The van der Waals surface area contributed by atoms with Gasteiger partial charge in [0, 0.05) is 27.8 Å². The van der Waals surface area contributed by atoms with Crippen molar-refractivity contribution in [1.29, 1.82) is 0 Å². The van der Waals surface area contributed by atoms with Gasteiger partial charge in [0.05, 0.1) is 0 Å². The average Bonchev–Trinajstić information content (AvgIpc) is 2.18. The molecule has 0 bridgehead atoms. The van der Waals surface area contributed by atoms with E-state index in [0.717, 1.165) is 4.47 Å². The van der Waals surface area contributed by atoms with Gasteiger partial charge in [0.2, 0.25) is 0 Å². The van der Waals surface area contributed by atoms with Crippen molar-refractivity contribution in [1.82, 2.24) is 4.98 Å². The van der Waals surface area contributed by atoms with Gasteiger partial charge in [-0.1, -0.05) is 22.0 Å². The highest BCUT2D eigenvalue weighted by molar-refractivity contribution is 9.10. The zero-order valence-electron chi connectivity index (χ0n) is 7.05. The molecule has 4 heteroatoms. The lowest BCUT2D eigenvalue weighted by atomic mass is 10.1. The van der Waals surface area contributed by atoms with Crippen LogP contribution in [0, 0.1) is 0 Å². The van der Waals surface area contributed by atoms with Crippen LogP contribution in [0.25, 0.3) is 10.8 Å². The van der Waals surface area contributed by atoms with Crippen LogP contribution in [-0.2, 0) is 0 Å². The Morgan fingerprint density at radius 3 is 2.64 bits per heavy atom. The van der Waals surface area contributed by atoms with Crippen LogP contribution >= 0.6 is 15.9 Å². The van der Waals surface area contributed by atoms with Gasteiger partial charge in [-0.15, -0.1) is 0 Å². The van der Waals surface area contributed by atoms with Gasteiger partial charge in [0.15, 0.2) is 0 Å². The topological polar surface area (TPSA) is 12.9 Å². The lowest BCUT2D eigenvalue weighted by Gasteiger charge is -2.06. The van der Waals surface area contributed by atoms with E-state index >= 15 is 0 Å². The van der Waals surface area contributed by atoms with Gasteiger partial charge in [-0.25, -0.2) is 8.78 Å². The largest absolute Gasteiger partial charge is 0.264 e. The van der Waals surface area contributed by atoms with Gasteiger partial charge in [0.1, 0.15) is 0 Å². The minimum atomic E-state index is -2.45. The van der Waals surface area contributed by atoms with Crippen LogP contribution in [0.5, 0.6) is 0 Å². The van der Waals surface area contributed by atoms with Gasteiger partial charge in [-0.3, -0.25) is 4.98 Å². The Labute approximate surface area is 87.9 Å². The van der Waals surface area contributed by atoms with Crippen molar-refractivity contribution < 1.29 is 8.78 Å². The van der Waals surface area contributed by atoms with E-state index < -0.39 is 6.43 Å². The fourth-order valence-electron chi connectivity index (χ4n) is 1.37. The number of halogens is 3. The molecule has 14 heavy (non-hydrogen) atoms. The van der Waals surface area contributed by atoms with Gasteiger partial charge < -0.3 is 0 Å². The second-order valence-corrected chi connectivity index (χ2v) is 3.71. The van der Waals surface area contributed by atoms with Gasteiger partial charge in [-0.05, 0) is 17.5 Å². The highest BCUT2D eigenvalue weighted by Gasteiger charge is 2.12. The van der Waals surface area contributed by atoms with Crippen molar-refractivity contribution in [3.63, 3.8) is 0 Å². The van der Waals surface area contributed by atoms with Crippen LogP contribution < -0.4 is 0 Å². The monoisotopic (exact) mass is 257 g/mol. The summed E-state index contributed by atoms with van der Waals surface area (Å²) in [5, 5.41) is 1.26. The molecule has 0 aliphatic rings. The molecule has 0 radical (unpaired) electrons. The fraction of sp³-hybridized carbons (Fsp3) is 0.100. The van der Waals surface area contributed by atoms with E-state index in [4.69, 9.17) is 0 Å². The van der Waals surface area contributed by atoms with E-state index in [1.165, 1.54) is 12.3 Å². The Morgan fingerprint density at radius 1 is 1.14 bits per heavy atom. The molecular weight excluding hydrogens is 252 g/mol. The second kappa shape index (κ2) is 3.61. The third kappa shape index (κ3) is 1.50. The molecular formula is C10H6BrF2N. The predicted molar refractivity (Wildman–Crippen MR) is 54.4 cm³/mol. The Morgan fingerprint density at radius 2 is 1.93 bits per heavy atom. The van der Waals surface area contributed by atoms with E-state index in [9.17, 15) is 8.78 Å².